The lowest BCUT2D eigenvalue weighted by molar-refractivity contribution is -0.177. The molecule has 5 rings (SSSR count). The molecule has 0 saturated carbocycles. The number of ether oxygens (including phenoxy) is 2. The number of hydrogen-bond acceptors (Lipinski definition) is 6. The summed E-state index contributed by atoms with van der Waals surface area (Å²) in [6.45, 7) is 3.64. The molecule has 2 unspecified atom stereocenters. The van der Waals surface area contributed by atoms with Crippen LogP contribution in [-0.2, 0) is 25.5 Å². The number of rotatable bonds is 8. The molecule has 6 heteroatoms. The van der Waals surface area contributed by atoms with Gasteiger partial charge in [-0.15, -0.1) is 4.91 Å². The Morgan fingerprint density at radius 1 is 0.649 bits per heavy atom. The monoisotopic (exact) mass is 494 g/mol. The second-order valence-corrected chi connectivity index (χ2v) is 9.65. The first-order valence-electron chi connectivity index (χ1n) is 12.3. The van der Waals surface area contributed by atoms with E-state index in [2.05, 4.69) is 5.18 Å². The van der Waals surface area contributed by atoms with Crippen LogP contribution in [0.3, 0.4) is 0 Å². The first-order chi connectivity index (χ1) is 18.0. The van der Waals surface area contributed by atoms with Crippen molar-refractivity contribution in [1.29, 1.82) is 0 Å². The molecular formula is C31H30N2O4. The lowest BCUT2D eigenvalue weighted by Crippen LogP contribution is -2.56. The Morgan fingerprint density at radius 3 is 1.35 bits per heavy atom. The third-order valence-corrected chi connectivity index (χ3v) is 7.07. The summed E-state index contributed by atoms with van der Waals surface area (Å²) in [5.41, 5.74) is 0.107. The minimum Gasteiger partial charge on any atom is -0.341 e. The van der Waals surface area contributed by atoms with Gasteiger partial charge >= 0.3 is 0 Å². The van der Waals surface area contributed by atoms with E-state index in [1.807, 2.05) is 135 Å². The van der Waals surface area contributed by atoms with Crippen molar-refractivity contribution in [3.63, 3.8) is 0 Å². The van der Waals surface area contributed by atoms with Crippen molar-refractivity contribution in [3.8, 4) is 0 Å². The van der Waals surface area contributed by atoms with Gasteiger partial charge in [-0.1, -0.05) is 127 Å². The van der Waals surface area contributed by atoms with Crippen LogP contribution in [0.2, 0.25) is 0 Å². The lowest BCUT2D eigenvalue weighted by atomic mass is 9.70. The van der Waals surface area contributed by atoms with Crippen LogP contribution in [0.4, 0.5) is 0 Å². The fourth-order valence-electron chi connectivity index (χ4n) is 5.47. The van der Waals surface area contributed by atoms with Gasteiger partial charge in [-0.3, -0.25) is 4.84 Å². The smallest absolute Gasteiger partial charge is 0.181 e. The Kier molecular flexibility index (Phi) is 6.75. The van der Waals surface area contributed by atoms with Crippen molar-refractivity contribution in [3.05, 3.63) is 148 Å². The first-order valence-corrected chi connectivity index (χ1v) is 12.3. The van der Waals surface area contributed by atoms with Gasteiger partial charge in [-0.25, -0.2) is 5.90 Å². The van der Waals surface area contributed by atoms with E-state index in [1.54, 1.807) is 0 Å². The molecule has 2 N–H and O–H groups in total. The van der Waals surface area contributed by atoms with Crippen LogP contribution in [0.15, 0.2) is 127 Å². The van der Waals surface area contributed by atoms with Gasteiger partial charge in [0.1, 0.15) is 12.2 Å². The molecule has 4 aromatic rings. The number of nitrogens with zero attached hydrogens (tertiary/aromatic N) is 1. The Bertz CT molecular complexity index is 1240. The number of nitroso groups, excluding NO2 is 1. The van der Waals surface area contributed by atoms with E-state index in [4.69, 9.17) is 20.2 Å². The third-order valence-electron chi connectivity index (χ3n) is 7.07. The highest BCUT2D eigenvalue weighted by Crippen LogP contribution is 2.52. The van der Waals surface area contributed by atoms with Gasteiger partial charge in [0, 0.05) is 0 Å². The Labute approximate surface area is 216 Å². The van der Waals surface area contributed by atoms with Crippen molar-refractivity contribution in [2.45, 2.75) is 43.0 Å². The molecule has 2 atom stereocenters. The van der Waals surface area contributed by atoms with Gasteiger partial charge in [0.05, 0.1) is 0 Å². The average Bonchev–Trinajstić information content (AvgIpc) is 3.28. The van der Waals surface area contributed by atoms with E-state index in [-0.39, 0.29) is 0 Å². The maximum Gasteiger partial charge on any atom is 0.181 e. The van der Waals surface area contributed by atoms with Crippen LogP contribution >= 0.6 is 0 Å². The molecule has 0 bridgehead atoms. The Hall–Kier alpha value is -3.68. The molecule has 0 radical (unpaired) electrons. The van der Waals surface area contributed by atoms with Crippen molar-refractivity contribution in [1.82, 2.24) is 0 Å². The maximum atomic E-state index is 13.2. The molecule has 188 valence electrons. The standard InChI is InChI=1S/C31H30N2O4/c1-29(2)35-27(30(33-34,23-15-7-3-8-16-23)24-17-9-4-10-18-24)28(36-29)31(37-32,25-19-11-5-12-20-25)26-21-13-6-14-22-26/h3-22,27-28H,32H2,1-2H3. The summed E-state index contributed by atoms with van der Waals surface area (Å²) in [7, 11) is 0. The van der Waals surface area contributed by atoms with Crippen LogP contribution in [0.5, 0.6) is 0 Å². The summed E-state index contributed by atoms with van der Waals surface area (Å²) in [6.07, 6.45) is -1.77. The molecule has 1 heterocycles. The van der Waals surface area contributed by atoms with E-state index in [0.29, 0.717) is 11.1 Å². The summed E-state index contributed by atoms with van der Waals surface area (Å²) in [4.78, 5) is 19.2. The van der Waals surface area contributed by atoms with E-state index in [9.17, 15) is 4.91 Å². The zero-order valence-corrected chi connectivity index (χ0v) is 20.9. The summed E-state index contributed by atoms with van der Waals surface area (Å²) < 4.78 is 13.3. The summed E-state index contributed by atoms with van der Waals surface area (Å²) >= 11 is 0. The lowest BCUT2D eigenvalue weighted by Gasteiger charge is -2.43. The fraction of sp³-hybridized carbons (Fsp3) is 0.226. The maximum absolute atomic E-state index is 13.2. The summed E-state index contributed by atoms with van der Waals surface area (Å²) in [6, 6.07) is 38.2. The summed E-state index contributed by atoms with van der Waals surface area (Å²) in [5, 5.41) is 3.84. The molecule has 1 saturated heterocycles. The third kappa shape index (κ3) is 4.18. The van der Waals surface area contributed by atoms with Gasteiger partial charge < -0.3 is 9.47 Å². The highest BCUT2D eigenvalue weighted by atomic mass is 16.8. The quantitative estimate of drug-likeness (QED) is 0.238. The first kappa shape index (κ1) is 25.0. The molecule has 0 spiro atoms. The molecule has 1 aliphatic rings. The molecule has 6 nitrogen and oxygen atoms in total. The largest absolute Gasteiger partial charge is 0.341 e. The average molecular weight is 495 g/mol. The van der Waals surface area contributed by atoms with E-state index < -0.39 is 29.1 Å². The zero-order valence-electron chi connectivity index (χ0n) is 20.9. The molecular weight excluding hydrogens is 464 g/mol. The topological polar surface area (TPSA) is 83.1 Å². The normalized spacial score (nSPS) is 19.4. The predicted molar refractivity (Wildman–Crippen MR) is 142 cm³/mol. The minimum absolute atomic E-state index is 0.680. The highest BCUT2D eigenvalue weighted by Gasteiger charge is 2.63. The van der Waals surface area contributed by atoms with Gasteiger partial charge in [0.2, 0.25) is 0 Å². The second-order valence-electron chi connectivity index (χ2n) is 9.65. The van der Waals surface area contributed by atoms with Crippen LogP contribution in [0, 0.1) is 4.91 Å². The molecule has 4 aromatic carbocycles. The van der Waals surface area contributed by atoms with Crippen molar-refractivity contribution in [2.24, 2.45) is 11.1 Å². The Morgan fingerprint density at radius 2 is 1.00 bits per heavy atom. The van der Waals surface area contributed by atoms with E-state index >= 15 is 0 Å². The Balaban J connectivity index is 1.82. The number of nitrogens with two attached hydrogens (primary N) is 1. The van der Waals surface area contributed by atoms with Crippen molar-refractivity contribution in [2.75, 3.05) is 0 Å². The predicted octanol–water partition coefficient (Wildman–Crippen LogP) is 6.05. The molecule has 0 aliphatic carbocycles. The zero-order chi connectivity index (χ0) is 25.9. The van der Waals surface area contributed by atoms with Crippen LogP contribution in [-0.4, -0.2) is 18.0 Å². The number of benzene rings is 4. The van der Waals surface area contributed by atoms with Crippen LogP contribution in [0.1, 0.15) is 36.1 Å². The van der Waals surface area contributed by atoms with Gasteiger partial charge in [-0.05, 0) is 36.1 Å². The molecule has 37 heavy (non-hydrogen) atoms. The number of hydrogen-bond donors (Lipinski definition) is 1. The van der Waals surface area contributed by atoms with Gasteiger partial charge in [0.25, 0.3) is 0 Å². The second kappa shape index (κ2) is 10.00. The van der Waals surface area contributed by atoms with Gasteiger partial charge in [0.15, 0.2) is 16.9 Å². The minimum atomic E-state index is -1.46. The molecule has 1 aliphatic heterocycles. The SMILES string of the molecule is CC1(C)OC(C(N=O)(c2ccccc2)c2ccccc2)C(C(ON)(c2ccccc2)c2ccccc2)O1. The van der Waals surface area contributed by atoms with Crippen molar-refractivity contribution >= 4 is 0 Å². The van der Waals surface area contributed by atoms with E-state index in [1.165, 1.54) is 0 Å². The van der Waals surface area contributed by atoms with Crippen molar-refractivity contribution < 1.29 is 14.3 Å². The molecule has 0 amide bonds. The van der Waals surface area contributed by atoms with Crippen LogP contribution in [0.25, 0.3) is 0 Å². The molecule has 1 fully saturated rings. The van der Waals surface area contributed by atoms with Crippen LogP contribution < -0.4 is 5.90 Å². The van der Waals surface area contributed by atoms with E-state index in [0.717, 1.165) is 11.1 Å². The fourth-order valence-corrected chi connectivity index (χ4v) is 5.47. The highest BCUT2D eigenvalue weighted by molar-refractivity contribution is 5.45. The summed E-state index contributed by atoms with van der Waals surface area (Å²) in [5.74, 6) is 5.15. The molecule has 0 aromatic heterocycles. The van der Waals surface area contributed by atoms with Gasteiger partial charge in [-0.2, -0.15) is 0 Å².